The van der Waals surface area contributed by atoms with Crippen molar-refractivity contribution in [2.24, 2.45) is 0 Å². The number of rotatable bonds is 5. The summed E-state index contributed by atoms with van der Waals surface area (Å²) in [5, 5.41) is 0.774. The minimum Gasteiger partial charge on any atom is -0.197 e. The number of nitrogens with one attached hydrogen (secondary N) is 1. The van der Waals surface area contributed by atoms with Crippen molar-refractivity contribution < 1.29 is 8.42 Å². The van der Waals surface area contributed by atoms with Crippen LogP contribution >= 0.6 is 15.9 Å². The zero-order valence-corrected chi connectivity index (χ0v) is 10.9. The van der Waals surface area contributed by atoms with E-state index >= 15 is 0 Å². The van der Waals surface area contributed by atoms with E-state index in [1.165, 1.54) is 18.4 Å². The molecule has 0 saturated heterocycles. The van der Waals surface area contributed by atoms with Crippen LogP contribution < -0.4 is 4.72 Å². The van der Waals surface area contributed by atoms with Gasteiger partial charge in [0.05, 0.1) is 0 Å². The molecule has 0 aromatic heterocycles. The van der Waals surface area contributed by atoms with Crippen molar-refractivity contribution in [3.05, 3.63) is 0 Å². The van der Waals surface area contributed by atoms with Gasteiger partial charge in [-0.3, -0.25) is 0 Å². The van der Waals surface area contributed by atoms with Crippen LogP contribution in [0.1, 0.15) is 20.3 Å². The molecule has 0 amide bonds. The second-order valence-corrected chi connectivity index (χ2v) is 6.39. The number of hydrogen-bond donors (Lipinski definition) is 1. The van der Waals surface area contributed by atoms with E-state index in [1.54, 1.807) is 0 Å². The third-order valence-corrected chi connectivity index (χ3v) is 3.77. The van der Waals surface area contributed by atoms with Gasteiger partial charge in [0.2, 0.25) is 0 Å². The lowest BCUT2D eigenvalue weighted by Gasteiger charge is -2.26. The van der Waals surface area contributed by atoms with Gasteiger partial charge in [-0.25, -0.2) is 0 Å². The largest absolute Gasteiger partial charge is 0.279 e. The zero-order valence-electron chi connectivity index (χ0n) is 8.46. The first kappa shape index (κ1) is 13.4. The fourth-order valence-electron chi connectivity index (χ4n) is 0.728. The van der Waals surface area contributed by atoms with Crippen molar-refractivity contribution in [3.63, 3.8) is 0 Å². The predicted octanol–water partition coefficient (Wildman–Crippen LogP) is 0.946. The molecule has 4 nitrogen and oxygen atoms in total. The van der Waals surface area contributed by atoms with Crippen molar-refractivity contribution in [1.82, 2.24) is 9.03 Å². The predicted molar refractivity (Wildman–Crippen MR) is 58.2 cm³/mol. The van der Waals surface area contributed by atoms with Crippen LogP contribution in [0.15, 0.2) is 0 Å². The second kappa shape index (κ2) is 4.72. The first-order valence-corrected chi connectivity index (χ1v) is 6.55. The molecule has 0 radical (unpaired) electrons. The number of alkyl halides is 1. The maximum atomic E-state index is 11.4. The van der Waals surface area contributed by atoms with Crippen LogP contribution in [0.3, 0.4) is 0 Å². The summed E-state index contributed by atoms with van der Waals surface area (Å²) in [7, 11) is -0.303. The van der Waals surface area contributed by atoms with E-state index in [1.807, 2.05) is 13.8 Å². The molecule has 1 N–H and O–H groups in total. The highest BCUT2D eigenvalue weighted by molar-refractivity contribution is 9.09. The van der Waals surface area contributed by atoms with Gasteiger partial charge in [0, 0.05) is 25.0 Å². The number of hydrogen-bond acceptors (Lipinski definition) is 2. The van der Waals surface area contributed by atoms with Gasteiger partial charge in [-0.1, -0.05) is 15.9 Å². The average Bonchev–Trinajstić information content (AvgIpc) is 1.83. The zero-order chi connectivity index (χ0) is 10.7. The molecule has 6 heteroatoms. The topological polar surface area (TPSA) is 49.4 Å². The van der Waals surface area contributed by atoms with Gasteiger partial charge in [-0.2, -0.15) is 17.4 Å². The molecule has 80 valence electrons. The summed E-state index contributed by atoms with van der Waals surface area (Å²) in [4.78, 5) is 0. The van der Waals surface area contributed by atoms with Crippen LogP contribution in [-0.4, -0.2) is 37.7 Å². The Balaban J connectivity index is 4.43. The third kappa shape index (κ3) is 4.95. The Hall–Kier alpha value is 0.350. The van der Waals surface area contributed by atoms with Crippen LogP contribution in [0.2, 0.25) is 0 Å². The van der Waals surface area contributed by atoms with Gasteiger partial charge in [0.1, 0.15) is 0 Å². The molecule has 0 bridgehead atoms. The monoisotopic (exact) mass is 272 g/mol. The van der Waals surface area contributed by atoms with E-state index in [2.05, 4.69) is 20.7 Å². The van der Waals surface area contributed by atoms with Gasteiger partial charge < -0.3 is 0 Å². The van der Waals surface area contributed by atoms with E-state index in [-0.39, 0.29) is 0 Å². The fraction of sp³-hybridized carbons (Fsp3) is 1.00. The number of nitrogens with zero attached hydrogens (tertiary/aromatic N) is 1. The smallest absolute Gasteiger partial charge is 0.197 e. The maximum Gasteiger partial charge on any atom is 0.279 e. The van der Waals surface area contributed by atoms with Crippen LogP contribution in [0, 0.1) is 0 Å². The van der Waals surface area contributed by atoms with Crippen molar-refractivity contribution in [1.29, 1.82) is 0 Å². The normalized spacial score (nSPS) is 13.7. The molecule has 0 aromatic rings. The molecule has 0 heterocycles. The van der Waals surface area contributed by atoms with Crippen LogP contribution in [0.5, 0.6) is 0 Å². The fourth-order valence-corrected chi connectivity index (χ4v) is 2.70. The second-order valence-electron chi connectivity index (χ2n) is 3.71. The molecule has 0 rings (SSSR count). The van der Waals surface area contributed by atoms with Gasteiger partial charge in [0.25, 0.3) is 10.2 Å². The highest BCUT2D eigenvalue weighted by atomic mass is 79.9. The Labute approximate surface area is 89.0 Å². The van der Waals surface area contributed by atoms with E-state index in [0.717, 1.165) is 11.8 Å². The average molecular weight is 273 g/mol. The van der Waals surface area contributed by atoms with Crippen molar-refractivity contribution in [2.45, 2.75) is 25.8 Å². The molecule has 0 aliphatic heterocycles. The highest BCUT2D eigenvalue weighted by Crippen LogP contribution is 2.12. The molecule has 0 spiro atoms. The first-order valence-electron chi connectivity index (χ1n) is 3.99. The van der Waals surface area contributed by atoms with Gasteiger partial charge in [-0.05, 0) is 20.3 Å². The molecule has 13 heavy (non-hydrogen) atoms. The Morgan fingerprint density at radius 1 is 1.38 bits per heavy atom. The SMILES string of the molecule is CN(C)S(=O)(=O)NC(C)(C)CCBr. The molecular formula is C7H17BrN2O2S. The van der Waals surface area contributed by atoms with E-state index in [9.17, 15) is 8.42 Å². The molecule has 0 saturated carbocycles. The molecular weight excluding hydrogens is 256 g/mol. The summed E-state index contributed by atoms with van der Waals surface area (Å²) in [6, 6.07) is 0. The third-order valence-electron chi connectivity index (χ3n) is 1.61. The van der Waals surface area contributed by atoms with Crippen molar-refractivity contribution in [3.8, 4) is 0 Å². The van der Waals surface area contributed by atoms with Crippen LogP contribution in [-0.2, 0) is 10.2 Å². The Morgan fingerprint density at radius 3 is 2.15 bits per heavy atom. The maximum absolute atomic E-state index is 11.4. The quantitative estimate of drug-likeness (QED) is 0.758. The van der Waals surface area contributed by atoms with E-state index < -0.39 is 15.7 Å². The molecule has 0 atom stereocenters. The first-order chi connectivity index (χ1) is 5.71. The van der Waals surface area contributed by atoms with Gasteiger partial charge in [0.15, 0.2) is 0 Å². The standard InChI is InChI=1S/C7H17BrN2O2S/c1-7(2,5-6-8)9-13(11,12)10(3)4/h9H,5-6H2,1-4H3. The van der Waals surface area contributed by atoms with E-state index in [4.69, 9.17) is 0 Å². The Morgan fingerprint density at radius 2 is 1.85 bits per heavy atom. The van der Waals surface area contributed by atoms with E-state index in [0.29, 0.717) is 0 Å². The Bertz CT molecular complexity index is 249. The molecule has 0 fully saturated rings. The summed E-state index contributed by atoms with van der Waals surface area (Å²) < 4.78 is 26.6. The Kier molecular flexibility index (Phi) is 4.85. The summed E-state index contributed by atoms with van der Waals surface area (Å²) >= 11 is 3.28. The lowest BCUT2D eigenvalue weighted by Crippen LogP contribution is -2.48. The van der Waals surface area contributed by atoms with Crippen LogP contribution in [0.4, 0.5) is 0 Å². The van der Waals surface area contributed by atoms with Crippen molar-refractivity contribution in [2.75, 3.05) is 19.4 Å². The van der Waals surface area contributed by atoms with Crippen LogP contribution in [0.25, 0.3) is 0 Å². The molecule has 0 aromatic carbocycles. The minimum absolute atomic E-state index is 0.410. The van der Waals surface area contributed by atoms with Crippen molar-refractivity contribution >= 4 is 26.1 Å². The lowest BCUT2D eigenvalue weighted by molar-refractivity contribution is 0.418. The summed E-state index contributed by atoms with van der Waals surface area (Å²) in [5.74, 6) is 0. The lowest BCUT2D eigenvalue weighted by atomic mass is 10.0. The molecule has 0 aliphatic carbocycles. The molecule has 0 aliphatic rings. The van der Waals surface area contributed by atoms with Gasteiger partial charge in [-0.15, -0.1) is 0 Å². The molecule has 0 unspecified atom stereocenters. The summed E-state index contributed by atoms with van der Waals surface area (Å²) in [6.45, 7) is 3.71. The minimum atomic E-state index is -3.32. The summed E-state index contributed by atoms with van der Waals surface area (Å²) in [6.07, 6.45) is 0.750. The summed E-state index contributed by atoms with van der Waals surface area (Å²) in [5.41, 5.74) is -0.410. The number of halogens is 1. The highest BCUT2D eigenvalue weighted by Gasteiger charge is 2.25. The van der Waals surface area contributed by atoms with Gasteiger partial charge >= 0.3 is 0 Å².